The molecule has 2 aromatic rings. The average molecular weight is 321 g/mol. The predicted molar refractivity (Wildman–Crippen MR) is 77.1 cm³/mol. The molecule has 1 heterocycles. The highest BCUT2D eigenvalue weighted by Crippen LogP contribution is 2.25. The van der Waals surface area contributed by atoms with Crippen molar-refractivity contribution in [1.82, 2.24) is 4.90 Å². The fourth-order valence-corrected chi connectivity index (χ4v) is 2.35. The summed E-state index contributed by atoms with van der Waals surface area (Å²) >= 11 is 0. The molecule has 1 aliphatic rings. The van der Waals surface area contributed by atoms with Gasteiger partial charge in [-0.2, -0.15) is 0 Å². The molecule has 0 radical (unpaired) electrons. The van der Waals surface area contributed by atoms with Gasteiger partial charge in [-0.1, -0.05) is 30.3 Å². The lowest BCUT2D eigenvalue weighted by atomic mass is 10.1. The Bertz CT molecular complexity index is 721. The van der Waals surface area contributed by atoms with Crippen LogP contribution >= 0.6 is 0 Å². The van der Waals surface area contributed by atoms with Crippen molar-refractivity contribution in [2.24, 2.45) is 0 Å². The van der Waals surface area contributed by atoms with Crippen molar-refractivity contribution >= 4 is 6.09 Å². The third kappa shape index (κ3) is 3.64. The van der Waals surface area contributed by atoms with Crippen molar-refractivity contribution in [2.75, 3.05) is 6.54 Å². The quantitative estimate of drug-likeness (QED) is 0.635. The Kier molecular flexibility index (Phi) is 4.23. The van der Waals surface area contributed by atoms with Gasteiger partial charge in [0.05, 0.1) is 6.04 Å². The summed E-state index contributed by atoms with van der Waals surface area (Å²) in [6.07, 6.45) is -0.370. The zero-order valence-corrected chi connectivity index (χ0v) is 12.1. The SMILES string of the molecule is O=C(OCc1ccccc1)N1CC1Cc1cc(F)c(F)cc1F. The molecule has 23 heavy (non-hydrogen) atoms. The third-order valence-corrected chi connectivity index (χ3v) is 3.70. The predicted octanol–water partition coefficient (Wildman–Crippen LogP) is 3.67. The van der Waals surface area contributed by atoms with Gasteiger partial charge < -0.3 is 9.64 Å². The Labute approximate surface area is 131 Å². The first kappa shape index (κ1) is 15.4. The van der Waals surface area contributed by atoms with Crippen molar-refractivity contribution in [1.29, 1.82) is 0 Å². The number of hydrogen-bond acceptors (Lipinski definition) is 2. The van der Waals surface area contributed by atoms with E-state index in [1.54, 1.807) is 0 Å². The molecule has 0 aromatic heterocycles. The molecule has 0 N–H and O–H groups in total. The number of benzene rings is 2. The molecule has 0 saturated carbocycles. The van der Waals surface area contributed by atoms with E-state index in [-0.39, 0.29) is 24.6 Å². The molecule has 0 bridgehead atoms. The highest BCUT2D eigenvalue weighted by molar-refractivity contribution is 5.71. The molecule has 1 unspecified atom stereocenters. The second-order valence-corrected chi connectivity index (χ2v) is 5.41. The Hall–Kier alpha value is -2.50. The van der Waals surface area contributed by atoms with Gasteiger partial charge in [0.1, 0.15) is 12.4 Å². The molecule has 2 aromatic carbocycles. The summed E-state index contributed by atoms with van der Waals surface area (Å²) in [4.78, 5) is 13.3. The zero-order valence-electron chi connectivity index (χ0n) is 12.1. The number of ether oxygens (including phenoxy) is 1. The molecule has 3 rings (SSSR count). The second kappa shape index (κ2) is 6.32. The molecule has 1 aliphatic heterocycles. The summed E-state index contributed by atoms with van der Waals surface area (Å²) in [7, 11) is 0. The smallest absolute Gasteiger partial charge is 0.410 e. The summed E-state index contributed by atoms with van der Waals surface area (Å²) in [6, 6.07) is 10.3. The summed E-state index contributed by atoms with van der Waals surface area (Å²) in [5, 5.41) is 0. The van der Waals surface area contributed by atoms with Gasteiger partial charge in [0.2, 0.25) is 0 Å². The number of halogens is 3. The molecule has 1 atom stereocenters. The lowest BCUT2D eigenvalue weighted by Gasteiger charge is -2.07. The van der Waals surface area contributed by atoms with Crippen molar-refractivity contribution < 1.29 is 22.7 Å². The van der Waals surface area contributed by atoms with Gasteiger partial charge in [-0.3, -0.25) is 0 Å². The second-order valence-electron chi connectivity index (χ2n) is 5.41. The molecule has 0 spiro atoms. The number of rotatable bonds is 4. The summed E-state index contributed by atoms with van der Waals surface area (Å²) in [6.45, 7) is 0.564. The molecule has 1 fully saturated rings. The number of hydrogen-bond donors (Lipinski definition) is 0. The van der Waals surface area contributed by atoms with Crippen molar-refractivity contribution in [2.45, 2.75) is 19.1 Å². The van der Waals surface area contributed by atoms with Gasteiger partial charge >= 0.3 is 6.09 Å². The van der Waals surface area contributed by atoms with E-state index in [2.05, 4.69) is 0 Å². The van der Waals surface area contributed by atoms with Crippen LogP contribution in [0.3, 0.4) is 0 Å². The summed E-state index contributed by atoms with van der Waals surface area (Å²) < 4.78 is 44.8. The fraction of sp³-hybridized carbons (Fsp3) is 0.235. The van der Waals surface area contributed by atoms with Crippen LogP contribution in [0.15, 0.2) is 42.5 Å². The molecular formula is C17H14F3NO2. The highest BCUT2D eigenvalue weighted by atomic mass is 19.2. The van der Waals surface area contributed by atoms with E-state index in [0.29, 0.717) is 12.6 Å². The Morgan fingerprint density at radius 3 is 2.52 bits per heavy atom. The normalized spacial score (nSPS) is 16.3. The maximum absolute atomic E-state index is 13.6. The number of carbonyl (C=O) groups is 1. The largest absolute Gasteiger partial charge is 0.445 e. The van der Waals surface area contributed by atoms with Crippen LogP contribution in [0.1, 0.15) is 11.1 Å². The van der Waals surface area contributed by atoms with Crippen LogP contribution in [0.2, 0.25) is 0 Å². The maximum atomic E-state index is 13.6. The van der Waals surface area contributed by atoms with Gasteiger partial charge in [0, 0.05) is 12.6 Å². The molecular weight excluding hydrogens is 307 g/mol. The van der Waals surface area contributed by atoms with Crippen LogP contribution < -0.4 is 0 Å². The molecule has 120 valence electrons. The number of amides is 1. The van der Waals surface area contributed by atoms with Crippen molar-refractivity contribution in [3.8, 4) is 0 Å². The van der Waals surface area contributed by atoms with E-state index >= 15 is 0 Å². The van der Waals surface area contributed by atoms with Crippen LogP contribution in [0, 0.1) is 17.5 Å². The Balaban J connectivity index is 1.53. The first-order valence-corrected chi connectivity index (χ1v) is 7.15. The van der Waals surface area contributed by atoms with Crippen molar-refractivity contribution in [3.63, 3.8) is 0 Å². The first-order valence-electron chi connectivity index (χ1n) is 7.15. The topological polar surface area (TPSA) is 29.3 Å². The Morgan fingerprint density at radius 2 is 1.78 bits per heavy atom. The van der Waals surface area contributed by atoms with Crippen LogP contribution in [0.5, 0.6) is 0 Å². The summed E-state index contributed by atoms with van der Waals surface area (Å²) in [5.41, 5.74) is 0.915. The highest BCUT2D eigenvalue weighted by Gasteiger charge is 2.40. The van der Waals surface area contributed by atoms with Crippen LogP contribution in [0.4, 0.5) is 18.0 Å². The van der Waals surface area contributed by atoms with Crippen molar-refractivity contribution in [3.05, 3.63) is 71.0 Å². The first-order chi connectivity index (χ1) is 11.0. The monoisotopic (exact) mass is 321 g/mol. The fourth-order valence-electron chi connectivity index (χ4n) is 2.35. The van der Waals surface area contributed by atoms with Gasteiger partial charge in [0.25, 0.3) is 0 Å². The van der Waals surface area contributed by atoms with Crippen LogP contribution in [-0.4, -0.2) is 23.6 Å². The molecule has 1 amide bonds. The van der Waals surface area contributed by atoms with E-state index in [1.165, 1.54) is 4.90 Å². The molecule has 0 aliphatic carbocycles. The zero-order chi connectivity index (χ0) is 16.4. The lowest BCUT2D eigenvalue weighted by Crippen LogP contribution is -2.16. The standard InChI is InChI=1S/C17H14F3NO2/c18-14-8-16(20)15(19)7-12(14)6-13-9-21(13)17(22)23-10-11-4-2-1-3-5-11/h1-5,7-8,13H,6,9-10H2. The minimum absolute atomic E-state index is 0.0484. The van der Waals surface area contributed by atoms with Gasteiger partial charge in [-0.15, -0.1) is 0 Å². The van der Waals surface area contributed by atoms with Crippen LogP contribution in [0.25, 0.3) is 0 Å². The van der Waals surface area contributed by atoms with E-state index in [4.69, 9.17) is 4.74 Å². The van der Waals surface area contributed by atoms with Crippen LogP contribution in [-0.2, 0) is 17.8 Å². The molecule has 6 heteroatoms. The van der Waals surface area contributed by atoms with Gasteiger partial charge in [-0.05, 0) is 23.6 Å². The summed E-state index contributed by atoms with van der Waals surface area (Å²) in [5.74, 6) is -3.13. The lowest BCUT2D eigenvalue weighted by molar-refractivity contribution is 0.122. The third-order valence-electron chi connectivity index (χ3n) is 3.70. The number of nitrogens with zero attached hydrogens (tertiary/aromatic N) is 1. The minimum Gasteiger partial charge on any atom is -0.445 e. The maximum Gasteiger partial charge on any atom is 0.410 e. The van der Waals surface area contributed by atoms with Gasteiger partial charge in [-0.25, -0.2) is 18.0 Å². The number of carbonyl (C=O) groups excluding carboxylic acids is 1. The molecule has 3 nitrogen and oxygen atoms in total. The average Bonchev–Trinajstić information content (AvgIpc) is 3.31. The van der Waals surface area contributed by atoms with E-state index in [1.807, 2.05) is 30.3 Å². The molecule has 1 saturated heterocycles. The van der Waals surface area contributed by atoms with E-state index < -0.39 is 23.5 Å². The Morgan fingerprint density at radius 1 is 1.09 bits per heavy atom. The minimum atomic E-state index is -1.22. The van der Waals surface area contributed by atoms with E-state index in [9.17, 15) is 18.0 Å². The van der Waals surface area contributed by atoms with E-state index in [0.717, 1.165) is 11.6 Å². The van der Waals surface area contributed by atoms with Gasteiger partial charge in [0.15, 0.2) is 11.6 Å².